The van der Waals surface area contributed by atoms with E-state index in [2.05, 4.69) is 80.4 Å². The second-order valence-corrected chi connectivity index (χ2v) is 8.12. The van der Waals surface area contributed by atoms with Crippen LogP contribution in [0.3, 0.4) is 0 Å². The fraction of sp³-hybridized carbons (Fsp3) is 0.150. The lowest BCUT2D eigenvalue weighted by Gasteiger charge is -2.31. The number of ether oxygens (including phenoxy) is 1. The highest BCUT2D eigenvalue weighted by molar-refractivity contribution is 9.11. The van der Waals surface area contributed by atoms with E-state index in [9.17, 15) is 0 Å². The lowest BCUT2D eigenvalue weighted by Crippen LogP contribution is -2.29. The van der Waals surface area contributed by atoms with E-state index < -0.39 is 0 Å². The van der Waals surface area contributed by atoms with Gasteiger partial charge in [0.2, 0.25) is 0 Å². The van der Waals surface area contributed by atoms with Gasteiger partial charge in [-0.1, -0.05) is 52.3 Å². The summed E-state index contributed by atoms with van der Waals surface area (Å²) < 4.78 is 7.96. The van der Waals surface area contributed by atoms with Gasteiger partial charge in [-0.2, -0.15) is 5.10 Å². The van der Waals surface area contributed by atoms with Gasteiger partial charge in [-0.3, -0.25) is 5.01 Å². The predicted octanol–water partition coefficient (Wildman–Crippen LogP) is 5.87. The highest BCUT2D eigenvalue weighted by Crippen LogP contribution is 2.45. The van der Waals surface area contributed by atoms with Crippen molar-refractivity contribution in [3.63, 3.8) is 0 Å². The van der Waals surface area contributed by atoms with E-state index in [0.29, 0.717) is 6.73 Å². The lowest BCUT2D eigenvalue weighted by molar-refractivity contribution is 0.0741. The first-order valence-electron chi connectivity index (χ1n) is 8.14. The summed E-state index contributed by atoms with van der Waals surface area (Å²) in [4.78, 5) is 0. The van der Waals surface area contributed by atoms with Gasteiger partial charge in [0, 0.05) is 16.5 Å². The van der Waals surface area contributed by atoms with Crippen LogP contribution in [-0.2, 0) is 0 Å². The Balaban J connectivity index is 1.54. The molecule has 0 saturated heterocycles. The van der Waals surface area contributed by atoms with Crippen LogP contribution in [-0.4, -0.2) is 17.5 Å². The van der Waals surface area contributed by atoms with Gasteiger partial charge in [0.25, 0.3) is 0 Å². The highest BCUT2D eigenvalue weighted by Gasteiger charge is 2.35. The molecule has 1 atom stereocenters. The van der Waals surface area contributed by atoms with Gasteiger partial charge in [0.15, 0.2) is 6.73 Å². The third-order valence-electron chi connectivity index (χ3n) is 4.82. The molecular formula is C20H14Br2N2O. The summed E-state index contributed by atoms with van der Waals surface area (Å²) in [5.41, 5.74) is 3.47. The first-order valence-corrected chi connectivity index (χ1v) is 9.73. The molecular weight excluding hydrogens is 444 g/mol. The average molecular weight is 458 g/mol. The maximum atomic E-state index is 5.93. The molecule has 0 bridgehead atoms. The number of hydrazone groups is 1. The quantitative estimate of drug-likeness (QED) is 0.456. The van der Waals surface area contributed by atoms with Crippen LogP contribution in [0.1, 0.15) is 23.6 Å². The third kappa shape index (κ3) is 2.57. The summed E-state index contributed by atoms with van der Waals surface area (Å²) >= 11 is 7.19. The number of fused-ring (bicyclic) bond motifs is 4. The van der Waals surface area contributed by atoms with Crippen LogP contribution in [0.2, 0.25) is 0 Å². The van der Waals surface area contributed by atoms with E-state index in [4.69, 9.17) is 9.84 Å². The molecule has 0 aromatic heterocycles. The van der Waals surface area contributed by atoms with Crippen LogP contribution in [0.5, 0.6) is 5.75 Å². The first kappa shape index (κ1) is 15.4. The molecule has 0 radical (unpaired) electrons. The van der Waals surface area contributed by atoms with Crippen LogP contribution in [0.4, 0.5) is 0 Å². The molecule has 3 aromatic carbocycles. The van der Waals surface area contributed by atoms with Crippen molar-refractivity contribution in [2.24, 2.45) is 5.10 Å². The smallest absolute Gasteiger partial charge is 0.177 e. The van der Waals surface area contributed by atoms with E-state index in [1.807, 2.05) is 11.1 Å². The first-order chi connectivity index (χ1) is 12.2. The van der Waals surface area contributed by atoms with Crippen molar-refractivity contribution in [1.29, 1.82) is 0 Å². The van der Waals surface area contributed by atoms with Crippen molar-refractivity contribution >= 4 is 48.3 Å². The second-order valence-electron chi connectivity index (χ2n) is 6.35. The number of hydrogen-bond acceptors (Lipinski definition) is 3. The standard InChI is InChI=1S/C20H14Br2N2O/c21-15-8-16-19-10-18(23-24(19)11-25-20(16)17(22)9-15)14-6-5-12-3-1-2-4-13(12)7-14/h1-9,19H,10-11H2/t19-/m0/s1. The van der Waals surface area contributed by atoms with E-state index in [1.165, 1.54) is 21.9 Å². The van der Waals surface area contributed by atoms with Crippen molar-refractivity contribution in [3.8, 4) is 5.75 Å². The molecule has 0 amide bonds. The Morgan fingerprint density at radius 3 is 2.72 bits per heavy atom. The molecule has 0 aliphatic carbocycles. The van der Waals surface area contributed by atoms with Crippen molar-refractivity contribution in [1.82, 2.24) is 5.01 Å². The van der Waals surface area contributed by atoms with E-state index in [-0.39, 0.29) is 6.04 Å². The van der Waals surface area contributed by atoms with Gasteiger partial charge >= 0.3 is 0 Å². The maximum Gasteiger partial charge on any atom is 0.177 e. The van der Waals surface area contributed by atoms with Crippen LogP contribution >= 0.6 is 31.9 Å². The minimum absolute atomic E-state index is 0.221. The molecule has 0 unspecified atom stereocenters. The fourth-order valence-electron chi connectivity index (χ4n) is 3.60. The SMILES string of the molecule is Brc1cc(Br)c2c(c1)[C@@H]1CC(c3ccc4ccccc4c3)=NN1CO2. The zero-order valence-corrected chi connectivity index (χ0v) is 16.4. The molecule has 25 heavy (non-hydrogen) atoms. The number of hydrogen-bond donors (Lipinski definition) is 0. The molecule has 3 nitrogen and oxygen atoms in total. The number of nitrogens with zero attached hydrogens (tertiary/aromatic N) is 2. The highest BCUT2D eigenvalue weighted by atomic mass is 79.9. The molecule has 0 spiro atoms. The fourth-order valence-corrected chi connectivity index (χ4v) is 4.97. The largest absolute Gasteiger partial charge is 0.470 e. The zero-order chi connectivity index (χ0) is 17.0. The molecule has 5 rings (SSSR count). The minimum atomic E-state index is 0.221. The monoisotopic (exact) mass is 456 g/mol. The average Bonchev–Trinajstić information content (AvgIpc) is 3.06. The number of benzene rings is 3. The molecule has 2 aliphatic heterocycles. The van der Waals surface area contributed by atoms with Gasteiger partial charge in [0.1, 0.15) is 5.75 Å². The van der Waals surface area contributed by atoms with Crippen LogP contribution in [0.15, 0.2) is 68.6 Å². The zero-order valence-electron chi connectivity index (χ0n) is 13.2. The van der Waals surface area contributed by atoms with Crippen LogP contribution in [0.25, 0.3) is 10.8 Å². The van der Waals surface area contributed by atoms with Crippen molar-refractivity contribution in [2.45, 2.75) is 12.5 Å². The van der Waals surface area contributed by atoms with Gasteiger partial charge in [0.05, 0.1) is 16.2 Å². The third-order valence-corrected chi connectivity index (χ3v) is 5.86. The van der Waals surface area contributed by atoms with Crippen LogP contribution in [0, 0.1) is 0 Å². The topological polar surface area (TPSA) is 24.8 Å². The molecule has 5 heteroatoms. The molecule has 0 fully saturated rings. The Hall–Kier alpha value is -1.85. The predicted molar refractivity (Wildman–Crippen MR) is 107 cm³/mol. The Labute approximate surface area is 162 Å². The van der Waals surface area contributed by atoms with Gasteiger partial charge in [-0.05, 0) is 50.5 Å². The second kappa shape index (κ2) is 5.85. The number of halogens is 2. The van der Waals surface area contributed by atoms with Gasteiger partial charge < -0.3 is 4.74 Å². The molecule has 3 aromatic rings. The maximum absolute atomic E-state index is 5.93. The van der Waals surface area contributed by atoms with Gasteiger partial charge in [-0.15, -0.1) is 0 Å². The minimum Gasteiger partial charge on any atom is -0.470 e. The summed E-state index contributed by atoms with van der Waals surface area (Å²) in [6, 6.07) is 19.4. The van der Waals surface area contributed by atoms with Crippen molar-refractivity contribution in [3.05, 3.63) is 74.7 Å². The Morgan fingerprint density at radius 1 is 1.00 bits per heavy atom. The molecule has 2 heterocycles. The lowest BCUT2D eigenvalue weighted by atomic mass is 9.96. The van der Waals surface area contributed by atoms with E-state index in [1.54, 1.807) is 0 Å². The molecule has 0 saturated carbocycles. The number of rotatable bonds is 1. The van der Waals surface area contributed by atoms with Crippen molar-refractivity contribution < 1.29 is 4.74 Å². The van der Waals surface area contributed by atoms with Crippen LogP contribution < -0.4 is 4.74 Å². The molecule has 2 aliphatic rings. The van der Waals surface area contributed by atoms with Gasteiger partial charge in [-0.25, -0.2) is 0 Å². The summed E-state index contributed by atoms with van der Waals surface area (Å²) in [7, 11) is 0. The van der Waals surface area contributed by atoms with E-state index >= 15 is 0 Å². The van der Waals surface area contributed by atoms with E-state index in [0.717, 1.165) is 26.8 Å². The summed E-state index contributed by atoms with van der Waals surface area (Å²) in [5, 5.41) is 9.39. The normalized spacial score (nSPS) is 18.6. The Kier molecular flexibility index (Phi) is 3.61. The van der Waals surface area contributed by atoms with Crippen molar-refractivity contribution in [2.75, 3.05) is 6.73 Å². The Bertz CT molecular complexity index is 1030. The summed E-state index contributed by atoms with van der Waals surface area (Å²) in [6.07, 6.45) is 0.887. The Morgan fingerprint density at radius 2 is 1.84 bits per heavy atom. The molecule has 0 N–H and O–H groups in total. The summed E-state index contributed by atoms with van der Waals surface area (Å²) in [5.74, 6) is 0.930. The molecule has 124 valence electrons. The summed E-state index contributed by atoms with van der Waals surface area (Å²) in [6.45, 7) is 0.481.